The number of hydrogen-bond donors (Lipinski definition) is 0. The zero-order valence-electron chi connectivity index (χ0n) is 13.0. The molecule has 108 valence electrons. The molecule has 0 spiro atoms. The maximum absolute atomic E-state index is 5.52. The van der Waals surface area contributed by atoms with Gasteiger partial charge in [-0.25, -0.2) is 9.97 Å². The Labute approximate surface area is 125 Å². The van der Waals surface area contributed by atoms with E-state index in [2.05, 4.69) is 50.0 Å². The molecule has 0 N–H and O–H groups in total. The predicted molar refractivity (Wildman–Crippen MR) is 86.9 cm³/mol. The first kappa shape index (κ1) is 13.8. The van der Waals surface area contributed by atoms with Crippen molar-refractivity contribution in [2.45, 2.75) is 33.1 Å². The van der Waals surface area contributed by atoms with Gasteiger partial charge in [0.1, 0.15) is 5.52 Å². The highest BCUT2D eigenvalue weighted by atomic mass is 16.5. The van der Waals surface area contributed by atoms with Gasteiger partial charge in [-0.15, -0.1) is 0 Å². The first-order chi connectivity index (χ1) is 9.99. The van der Waals surface area contributed by atoms with Crippen molar-refractivity contribution in [2.24, 2.45) is 0 Å². The quantitative estimate of drug-likeness (QED) is 0.649. The van der Waals surface area contributed by atoms with Crippen molar-refractivity contribution < 1.29 is 4.74 Å². The average Bonchev–Trinajstić information content (AvgIpc) is 2.46. The van der Waals surface area contributed by atoms with Gasteiger partial charge in [0.25, 0.3) is 0 Å². The van der Waals surface area contributed by atoms with Gasteiger partial charge in [0.2, 0.25) is 5.88 Å². The van der Waals surface area contributed by atoms with Gasteiger partial charge < -0.3 is 4.74 Å². The van der Waals surface area contributed by atoms with Crippen LogP contribution < -0.4 is 4.74 Å². The monoisotopic (exact) mass is 280 g/mol. The number of fused-ring (bicyclic) bond motifs is 3. The second kappa shape index (κ2) is 4.99. The minimum Gasteiger partial charge on any atom is -0.478 e. The summed E-state index contributed by atoms with van der Waals surface area (Å²) in [6, 6.07) is 12.3. The lowest BCUT2D eigenvalue weighted by Crippen LogP contribution is -2.13. The van der Waals surface area contributed by atoms with Crippen LogP contribution in [-0.4, -0.2) is 16.6 Å². The van der Waals surface area contributed by atoms with E-state index >= 15 is 0 Å². The van der Waals surface area contributed by atoms with Gasteiger partial charge >= 0.3 is 0 Å². The molecule has 3 aromatic rings. The number of benzene rings is 1. The first-order valence-electron chi connectivity index (χ1n) is 7.33. The molecule has 0 radical (unpaired) electrons. The summed E-state index contributed by atoms with van der Waals surface area (Å²) < 4.78 is 5.52. The minimum atomic E-state index is 0.0217. The Balaban J connectivity index is 2.30. The Hall–Kier alpha value is -2.16. The third-order valence-corrected chi connectivity index (χ3v) is 3.55. The van der Waals surface area contributed by atoms with Crippen LogP contribution in [0.5, 0.6) is 5.88 Å². The highest BCUT2D eigenvalue weighted by Crippen LogP contribution is 2.28. The van der Waals surface area contributed by atoms with E-state index in [9.17, 15) is 0 Å². The second-order valence-electron chi connectivity index (χ2n) is 6.24. The molecular formula is C18H20N2O. The standard InChI is InChI=1S/C18H20N2O/c1-5-21-15-11-9-13-7-6-12-8-10-14(18(2,3)4)19-16(12)17(13)20-15/h6-11H,5H2,1-4H3. The van der Waals surface area contributed by atoms with Crippen LogP contribution in [0.2, 0.25) is 0 Å². The molecule has 0 fully saturated rings. The number of aromatic nitrogens is 2. The summed E-state index contributed by atoms with van der Waals surface area (Å²) in [6.45, 7) is 9.09. The number of pyridine rings is 2. The molecule has 0 atom stereocenters. The molecule has 1 aromatic carbocycles. The van der Waals surface area contributed by atoms with Crippen molar-refractivity contribution in [3.8, 4) is 5.88 Å². The molecule has 21 heavy (non-hydrogen) atoms. The highest BCUT2D eigenvalue weighted by molar-refractivity contribution is 6.02. The summed E-state index contributed by atoms with van der Waals surface area (Å²) >= 11 is 0. The van der Waals surface area contributed by atoms with Crippen LogP contribution in [0.25, 0.3) is 21.8 Å². The topological polar surface area (TPSA) is 35.0 Å². The summed E-state index contributed by atoms with van der Waals surface area (Å²) in [5.41, 5.74) is 2.95. The zero-order chi connectivity index (χ0) is 15.0. The summed E-state index contributed by atoms with van der Waals surface area (Å²) in [7, 11) is 0. The third kappa shape index (κ3) is 2.56. The molecule has 3 rings (SSSR count). The minimum absolute atomic E-state index is 0.0217. The summed E-state index contributed by atoms with van der Waals surface area (Å²) in [5.74, 6) is 0.653. The molecular weight excluding hydrogens is 260 g/mol. The molecule has 0 aliphatic heterocycles. The van der Waals surface area contributed by atoms with Crippen molar-refractivity contribution in [3.05, 3.63) is 42.1 Å². The molecule has 0 aliphatic carbocycles. The lowest BCUT2D eigenvalue weighted by molar-refractivity contribution is 0.328. The van der Waals surface area contributed by atoms with Gasteiger partial charge in [0, 0.05) is 27.9 Å². The molecule has 0 saturated carbocycles. The molecule has 3 nitrogen and oxygen atoms in total. The largest absolute Gasteiger partial charge is 0.478 e. The Bertz CT molecular complexity index is 803. The molecule has 0 saturated heterocycles. The normalized spacial score (nSPS) is 12.0. The van der Waals surface area contributed by atoms with Crippen molar-refractivity contribution in [1.29, 1.82) is 0 Å². The van der Waals surface area contributed by atoms with Gasteiger partial charge in [-0.3, -0.25) is 0 Å². The van der Waals surface area contributed by atoms with Crippen molar-refractivity contribution >= 4 is 21.8 Å². The van der Waals surface area contributed by atoms with Gasteiger partial charge in [0.15, 0.2) is 0 Å². The molecule has 2 aromatic heterocycles. The number of ether oxygens (including phenoxy) is 1. The molecule has 3 heteroatoms. The van der Waals surface area contributed by atoms with Crippen LogP contribution >= 0.6 is 0 Å². The lowest BCUT2D eigenvalue weighted by Gasteiger charge is -2.18. The predicted octanol–water partition coefficient (Wildman–Crippen LogP) is 4.48. The zero-order valence-corrected chi connectivity index (χ0v) is 13.0. The van der Waals surface area contributed by atoms with Gasteiger partial charge in [-0.2, -0.15) is 0 Å². The van der Waals surface area contributed by atoms with E-state index in [1.807, 2.05) is 19.1 Å². The Morgan fingerprint density at radius 2 is 1.43 bits per heavy atom. The SMILES string of the molecule is CCOc1ccc2ccc3ccc(C(C)(C)C)nc3c2n1. The van der Waals surface area contributed by atoms with Gasteiger partial charge in [-0.1, -0.05) is 39.0 Å². The Morgan fingerprint density at radius 3 is 2.05 bits per heavy atom. The highest BCUT2D eigenvalue weighted by Gasteiger charge is 2.16. The molecule has 0 aliphatic rings. The summed E-state index contributed by atoms with van der Waals surface area (Å²) in [6.07, 6.45) is 0. The third-order valence-electron chi connectivity index (χ3n) is 3.55. The summed E-state index contributed by atoms with van der Waals surface area (Å²) in [4.78, 5) is 9.49. The van der Waals surface area contributed by atoms with Crippen molar-refractivity contribution in [3.63, 3.8) is 0 Å². The number of hydrogen-bond acceptors (Lipinski definition) is 3. The average molecular weight is 280 g/mol. The molecule has 0 amide bonds. The maximum Gasteiger partial charge on any atom is 0.213 e. The van der Waals surface area contributed by atoms with E-state index in [0.717, 1.165) is 27.5 Å². The van der Waals surface area contributed by atoms with Gasteiger partial charge in [-0.05, 0) is 19.1 Å². The second-order valence-corrected chi connectivity index (χ2v) is 6.24. The van der Waals surface area contributed by atoms with Crippen LogP contribution in [-0.2, 0) is 5.41 Å². The van der Waals surface area contributed by atoms with E-state index in [1.54, 1.807) is 0 Å². The molecule has 2 heterocycles. The van der Waals surface area contributed by atoms with E-state index in [4.69, 9.17) is 9.72 Å². The fourth-order valence-corrected chi connectivity index (χ4v) is 2.40. The lowest BCUT2D eigenvalue weighted by atomic mass is 9.91. The van der Waals surface area contributed by atoms with Crippen LogP contribution in [0, 0.1) is 0 Å². The Morgan fingerprint density at radius 1 is 0.857 bits per heavy atom. The van der Waals surface area contributed by atoms with E-state index in [-0.39, 0.29) is 5.41 Å². The smallest absolute Gasteiger partial charge is 0.213 e. The number of nitrogens with zero attached hydrogens (tertiary/aromatic N) is 2. The van der Waals surface area contributed by atoms with Crippen LogP contribution in [0.3, 0.4) is 0 Å². The fraction of sp³-hybridized carbons (Fsp3) is 0.333. The van der Waals surface area contributed by atoms with Crippen LogP contribution in [0.4, 0.5) is 0 Å². The fourth-order valence-electron chi connectivity index (χ4n) is 2.40. The molecule has 0 bridgehead atoms. The van der Waals surface area contributed by atoms with Crippen molar-refractivity contribution in [1.82, 2.24) is 9.97 Å². The van der Waals surface area contributed by atoms with E-state index in [1.165, 1.54) is 0 Å². The van der Waals surface area contributed by atoms with E-state index in [0.29, 0.717) is 12.5 Å². The molecule has 0 unspecified atom stereocenters. The first-order valence-corrected chi connectivity index (χ1v) is 7.33. The van der Waals surface area contributed by atoms with Crippen molar-refractivity contribution in [2.75, 3.05) is 6.61 Å². The van der Waals surface area contributed by atoms with Crippen LogP contribution in [0.15, 0.2) is 36.4 Å². The Kier molecular flexibility index (Phi) is 3.28. The summed E-state index contributed by atoms with van der Waals surface area (Å²) in [5, 5.41) is 2.20. The number of rotatable bonds is 2. The van der Waals surface area contributed by atoms with E-state index < -0.39 is 0 Å². The van der Waals surface area contributed by atoms with Gasteiger partial charge in [0.05, 0.1) is 12.1 Å². The maximum atomic E-state index is 5.52. The van der Waals surface area contributed by atoms with Crippen LogP contribution in [0.1, 0.15) is 33.4 Å².